The Bertz CT molecular complexity index is 2440. The Balaban J connectivity index is 1.32. The molecule has 0 unspecified atom stereocenters. The number of hydrogen-bond donors (Lipinski definition) is 0. The van der Waals surface area contributed by atoms with Crippen LogP contribution in [0.5, 0.6) is 0 Å². The van der Waals surface area contributed by atoms with Gasteiger partial charge in [-0.05, 0) is 95.3 Å². The molecule has 180 valence electrons. The number of rotatable bonds is 1. The second-order valence-electron chi connectivity index (χ2n) is 10.5. The fourth-order valence-corrected chi connectivity index (χ4v) is 7.72. The first-order valence-corrected chi connectivity index (χ1v) is 14.2. The van der Waals surface area contributed by atoms with E-state index in [0.717, 1.165) is 0 Å². The monoisotopic (exact) mass is 510 g/mol. The summed E-state index contributed by atoms with van der Waals surface area (Å²) in [4.78, 5) is 0. The second kappa shape index (κ2) is 7.89. The predicted molar refractivity (Wildman–Crippen MR) is 172 cm³/mol. The lowest BCUT2D eigenvalue weighted by Crippen LogP contribution is -1.83. The lowest BCUT2D eigenvalue weighted by atomic mass is 9.93. The number of thiophene rings is 1. The maximum Gasteiger partial charge on any atom is 0.0362 e. The van der Waals surface area contributed by atoms with E-state index in [-0.39, 0.29) is 0 Å². The van der Waals surface area contributed by atoms with E-state index >= 15 is 0 Å². The lowest BCUT2D eigenvalue weighted by molar-refractivity contribution is 1.69. The van der Waals surface area contributed by atoms with Gasteiger partial charge in [-0.15, -0.1) is 11.3 Å². The Labute approximate surface area is 229 Å². The van der Waals surface area contributed by atoms with Crippen LogP contribution in [0.3, 0.4) is 0 Å². The standard InChI is InChI=1S/C38H22S/c1-2-10-27-23(8-1)9-7-15-28(27)25-17-16-24-19-35-36-21-33-31-13-5-3-11-29(31)30-12-4-6-14-32(30)34(33)22-38(36)39-37(35)20-26(24)18-25/h1-22H. The van der Waals surface area contributed by atoms with Gasteiger partial charge >= 0.3 is 0 Å². The van der Waals surface area contributed by atoms with Crippen LogP contribution < -0.4 is 0 Å². The molecule has 0 atom stereocenters. The summed E-state index contributed by atoms with van der Waals surface area (Å²) in [5, 5.41) is 15.8. The summed E-state index contributed by atoms with van der Waals surface area (Å²) in [5.74, 6) is 0. The minimum atomic E-state index is 1.27. The maximum absolute atomic E-state index is 2.44. The topological polar surface area (TPSA) is 0 Å². The Hall–Kier alpha value is -4.72. The summed E-state index contributed by atoms with van der Waals surface area (Å²) >= 11 is 1.91. The molecule has 0 spiro atoms. The molecule has 0 bridgehead atoms. The summed E-state index contributed by atoms with van der Waals surface area (Å²) in [5.41, 5.74) is 2.56. The first kappa shape index (κ1) is 21.2. The Morgan fingerprint density at radius 3 is 1.67 bits per heavy atom. The minimum absolute atomic E-state index is 1.27. The third-order valence-electron chi connectivity index (χ3n) is 8.39. The van der Waals surface area contributed by atoms with Crippen LogP contribution in [0.25, 0.3) is 85.2 Å². The van der Waals surface area contributed by atoms with Crippen LogP contribution >= 0.6 is 11.3 Å². The van der Waals surface area contributed by atoms with E-state index in [4.69, 9.17) is 0 Å². The molecular weight excluding hydrogens is 488 g/mol. The highest BCUT2D eigenvalue weighted by Crippen LogP contribution is 2.43. The molecule has 0 nitrogen and oxygen atoms in total. The van der Waals surface area contributed by atoms with Crippen molar-refractivity contribution in [3.8, 4) is 11.1 Å². The molecule has 0 N–H and O–H groups in total. The molecule has 39 heavy (non-hydrogen) atoms. The van der Waals surface area contributed by atoms with Gasteiger partial charge in [-0.3, -0.25) is 0 Å². The van der Waals surface area contributed by atoms with Gasteiger partial charge in [0, 0.05) is 20.2 Å². The molecule has 0 amide bonds. The zero-order valence-corrected chi connectivity index (χ0v) is 21.9. The van der Waals surface area contributed by atoms with Crippen molar-refractivity contribution < 1.29 is 0 Å². The molecule has 0 fully saturated rings. The van der Waals surface area contributed by atoms with Gasteiger partial charge in [0.15, 0.2) is 0 Å². The Kier molecular flexibility index (Phi) is 4.30. The maximum atomic E-state index is 2.44. The summed E-state index contributed by atoms with van der Waals surface area (Å²) in [6.45, 7) is 0. The van der Waals surface area contributed by atoms with Crippen molar-refractivity contribution in [3.63, 3.8) is 0 Å². The zero-order valence-electron chi connectivity index (χ0n) is 21.1. The fraction of sp³-hybridized carbons (Fsp3) is 0. The van der Waals surface area contributed by atoms with Crippen molar-refractivity contribution in [2.75, 3.05) is 0 Å². The third-order valence-corrected chi connectivity index (χ3v) is 9.51. The zero-order chi connectivity index (χ0) is 25.5. The molecule has 0 saturated heterocycles. The van der Waals surface area contributed by atoms with Gasteiger partial charge in [0.25, 0.3) is 0 Å². The van der Waals surface area contributed by atoms with Crippen molar-refractivity contribution in [1.82, 2.24) is 0 Å². The van der Waals surface area contributed by atoms with Crippen LogP contribution in [-0.2, 0) is 0 Å². The molecular formula is C38H22S. The van der Waals surface area contributed by atoms with Gasteiger partial charge in [0.2, 0.25) is 0 Å². The van der Waals surface area contributed by atoms with Crippen LogP contribution in [0, 0.1) is 0 Å². The Morgan fingerprint density at radius 1 is 0.308 bits per heavy atom. The highest BCUT2D eigenvalue weighted by Gasteiger charge is 2.13. The van der Waals surface area contributed by atoms with Crippen molar-refractivity contribution in [1.29, 1.82) is 0 Å². The molecule has 9 rings (SSSR count). The van der Waals surface area contributed by atoms with Gasteiger partial charge in [0.05, 0.1) is 0 Å². The minimum Gasteiger partial charge on any atom is -0.135 e. The first-order chi connectivity index (χ1) is 19.3. The van der Waals surface area contributed by atoms with Crippen LogP contribution in [0.4, 0.5) is 0 Å². The average Bonchev–Trinajstić information content (AvgIpc) is 3.35. The highest BCUT2D eigenvalue weighted by molar-refractivity contribution is 7.26. The SMILES string of the molecule is c1ccc2c(-c3ccc4cc5c(cc4c3)sc3cc4c6ccccc6c6ccccc6c4cc35)cccc2c1. The summed E-state index contributed by atoms with van der Waals surface area (Å²) in [6.07, 6.45) is 0. The van der Waals surface area contributed by atoms with Crippen LogP contribution in [0.15, 0.2) is 133 Å². The van der Waals surface area contributed by atoms with Crippen LogP contribution in [0.2, 0.25) is 0 Å². The molecule has 9 aromatic rings. The quantitative estimate of drug-likeness (QED) is 0.193. The molecule has 1 heterocycles. The average molecular weight is 511 g/mol. The highest BCUT2D eigenvalue weighted by atomic mass is 32.1. The van der Waals surface area contributed by atoms with Crippen molar-refractivity contribution in [3.05, 3.63) is 133 Å². The number of hydrogen-bond acceptors (Lipinski definition) is 1. The molecule has 0 aliphatic rings. The van der Waals surface area contributed by atoms with E-state index in [0.29, 0.717) is 0 Å². The molecule has 1 heteroatoms. The van der Waals surface area contributed by atoms with E-state index in [9.17, 15) is 0 Å². The fourth-order valence-electron chi connectivity index (χ4n) is 6.56. The molecule has 0 radical (unpaired) electrons. The summed E-state index contributed by atoms with van der Waals surface area (Å²) in [7, 11) is 0. The van der Waals surface area contributed by atoms with Crippen molar-refractivity contribution in [2.45, 2.75) is 0 Å². The molecule has 1 aromatic heterocycles. The Morgan fingerprint density at radius 2 is 0.897 bits per heavy atom. The van der Waals surface area contributed by atoms with E-state index in [2.05, 4.69) is 133 Å². The van der Waals surface area contributed by atoms with Gasteiger partial charge in [-0.2, -0.15) is 0 Å². The lowest BCUT2D eigenvalue weighted by Gasteiger charge is -2.10. The number of benzene rings is 8. The summed E-state index contributed by atoms with van der Waals surface area (Å²) < 4.78 is 2.69. The van der Waals surface area contributed by atoms with E-state index in [1.54, 1.807) is 0 Å². The van der Waals surface area contributed by atoms with Gasteiger partial charge < -0.3 is 0 Å². The smallest absolute Gasteiger partial charge is 0.0362 e. The van der Waals surface area contributed by atoms with Gasteiger partial charge in [0.1, 0.15) is 0 Å². The van der Waals surface area contributed by atoms with E-state index in [1.807, 2.05) is 11.3 Å². The van der Waals surface area contributed by atoms with Crippen LogP contribution in [0.1, 0.15) is 0 Å². The third kappa shape index (κ3) is 3.05. The number of fused-ring (bicyclic) bond motifs is 11. The van der Waals surface area contributed by atoms with E-state index in [1.165, 1.54) is 85.2 Å². The first-order valence-electron chi connectivity index (χ1n) is 13.4. The molecule has 0 aliphatic heterocycles. The van der Waals surface area contributed by atoms with E-state index < -0.39 is 0 Å². The van der Waals surface area contributed by atoms with Crippen LogP contribution in [-0.4, -0.2) is 0 Å². The normalized spacial score (nSPS) is 12.1. The molecule has 0 saturated carbocycles. The van der Waals surface area contributed by atoms with Gasteiger partial charge in [-0.25, -0.2) is 0 Å². The van der Waals surface area contributed by atoms with Crippen molar-refractivity contribution >= 4 is 85.4 Å². The van der Waals surface area contributed by atoms with Crippen molar-refractivity contribution in [2.24, 2.45) is 0 Å². The summed E-state index contributed by atoms with van der Waals surface area (Å²) in [6, 6.07) is 49.5. The predicted octanol–water partition coefficient (Wildman–Crippen LogP) is 11.5. The molecule has 8 aromatic carbocycles. The van der Waals surface area contributed by atoms with Gasteiger partial charge in [-0.1, -0.05) is 103 Å². The molecule has 0 aliphatic carbocycles. The largest absolute Gasteiger partial charge is 0.135 e. The second-order valence-corrected chi connectivity index (χ2v) is 11.6.